The summed E-state index contributed by atoms with van der Waals surface area (Å²) in [4.78, 5) is 0. The van der Waals surface area contributed by atoms with Gasteiger partial charge in [0.05, 0.1) is 6.61 Å². The molecule has 1 saturated heterocycles. The van der Waals surface area contributed by atoms with Gasteiger partial charge in [0.15, 0.2) is 6.29 Å². The molecule has 1 rings (SSSR count). The van der Waals surface area contributed by atoms with E-state index in [0.29, 0.717) is 19.8 Å². The fourth-order valence-corrected chi connectivity index (χ4v) is 4.64. The molecule has 0 spiro atoms. The van der Waals surface area contributed by atoms with Crippen LogP contribution in [0, 0.1) is 0 Å². The number of hydrogen-bond acceptors (Lipinski definition) is 5. The molecule has 0 aromatic carbocycles. The summed E-state index contributed by atoms with van der Waals surface area (Å²) < 4.78 is 24.8. The molecule has 0 saturated carbocycles. The largest absolute Gasteiger partial charge is 0.394 e. The van der Waals surface area contributed by atoms with Gasteiger partial charge in [-0.05, 0) is 19.3 Å². The van der Waals surface area contributed by atoms with Crippen LogP contribution >= 0.6 is 0 Å². The molecule has 1 N–H and O–H groups in total. The van der Waals surface area contributed by atoms with Gasteiger partial charge in [-0.3, -0.25) is 0 Å². The van der Waals surface area contributed by atoms with E-state index in [2.05, 4.69) is 20.8 Å². The van der Waals surface area contributed by atoms with E-state index in [1.807, 2.05) is 0 Å². The Morgan fingerprint density at radius 3 is 1.32 bits per heavy atom. The minimum atomic E-state index is -0.442. The highest BCUT2D eigenvalue weighted by Crippen LogP contribution is 2.28. The Labute approximate surface area is 211 Å². The van der Waals surface area contributed by atoms with Gasteiger partial charge >= 0.3 is 0 Å². The van der Waals surface area contributed by atoms with Gasteiger partial charge in [0.1, 0.15) is 18.3 Å². The number of aliphatic hydroxyl groups is 1. The van der Waals surface area contributed by atoms with Crippen molar-refractivity contribution in [2.24, 2.45) is 0 Å². The molecule has 0 aromatic rings. The first kappa shape index (κ1) is 31.8. The van der Waals surface area contributed by atoms with E-state index in [4.69, 9.17) is 18.9 Å². The summed E-state index contributed by atoms with van der Waals surface area (Å²) in [5, 5.41) is 9.94. The van der Waals surface area contributed by atoms with Gasteiger partial charge in [-0.15, -0.1) is 0 Å². The van der Waals surface area contributed by atoms with Gasteiger partial charge in [0, 0.05) is 19.8 Å². The normalized spacial score (nSPS) is 22.6. The lowest BCUT2D eigenvalue weighted by Gasteiger charge is -2.24. The molecule has 1 unspecified atom stereocenters. The molecule has 34 heavy (non-hydrogen) atoms. The smallest absolute Gasteiger partial charge is 0.186 e. The van der Waals surface area contributed by atoms with Crippen molar-refractivity contribution in [3.63, 3.8) is 0 Å². The van der Waals surface area contributed by atoms with Crippen LogP contribution in [-0.2, 0) is 18.9 Å². The summed E-state index contributed by atoms with van der Waals surface area (Å²) in [6, 6.07) is 0. The highest BCUT2D eigenvalue weighted by molar-refractivity contribution is 4.89. The van der Waals surface area contributed by atoms with E-state index in [-0.39, 0.29) is 24.9 Å². The van der Waals surface area contributed by atoms with Gasteiger partial charge in [-0.1, -0.05) is 117 Å². The predicted octanol–water partition coefficient (Wildman–Crippen LogP) is 7.57. The molecule has 0 aromatic heterocycles. The predicted molar refractivity (Wildman–Crippen MR) is 141 cm³/mol. The Bertz CT molecular complexity index is 419. The molecule has 0 aliphatic carbocycles. The van der Waals surface area contributed by atoms with Gasteiger partial charge in [-0.2, -0.15) is 0 Å². The van der Waals surface area contributed by atoms with Gasteiger partial charge in [-0.25, -0.2) is 0 Å². The molecule has 5 nitrogen and oxygen atoms in total. The standard InChI is InChI=1S/C29H58O5/c1-4-7-10-13-16-19-22-31-27-26(25-30)34-29(33-24-21-18-15-12-9-6-3)28(27)32-23-20-17-14-11-8-5-2/h26-30H,4-25H2,1-3H3/t26-,27+,28?,29+/m1/s1. The van der Waals surface area contributed by atoms with Crippen molar-refractivity contribution >= 4 is 0 Å². The van der Waals surface area contributed by atoms with Crippen molar-refractivity contribution < 1.29 is 24.1 Å². The quantitative estimate of drug-likeness (QED) is 0.135. The van der Waals surface area contributed by atoms with Crippen LogP contribution in [0.1, 0.15) is 136 Å². The maximum Gasteiger partial charge on any atom is 0.186 e. The van der Waals surface area contributed by atoms with Crippen LogP contribution in [0.25, 0.3) is 0 Å². The summed E-state index contributed by atoms with van der Waals surface area (Å²) >= 11 is 0. The first-order valence-electron chi connectivity index (χ1n) is 14.9. The van der Waals surface area contributed by atoms with Gasteiger partial charge in [0.25, 0.3) is 0 Å². The average Bonchev–Trinajstić information content (AvgIpc) is 3.18. The molecule has 204 valence electrons. The van der Waals surface area contributed by atoms with E-state index in [0.717, 1.165) is 19.3 Å². The van der Waals surface area contributed by atoms with Crippen LogP contribution in [0.15, 0.2) is 0 Å². The lowest BCUT2D eigenvalue weighted by Crippen LogP contribution is -2.40. The molecular formula is C29H58O5. The van der Waals surface area contributed by atoms with E-state index in [1.54, 1.807) is 0 Å². The Kier molecular flexibility index (Phi) is 21.7. The third kappa shape index (κ3) is 15.0. The summed E-state index contributed by atoms with van der Waals surface area (Å²) in [5.41, 5.74) is 0. The fourth-order valence-electron chi connectivity index (χ4n) is 4.64. The van der Waals surface area contributed by atoms with Crippen molar-refractivity contribution in [3.05, 3.63) is 0 Å². The Balaban J connectivity index is 2.46. The van der Waals surface area contributed by atoms with E-state index >= 15 is 0 Å². The second-order valence-electron chi connectivity index (χ2n) is 10.1. The molecule has 1 fully saturated rings. The van der Waals surface area contributed by atoms with Gasteiger partial charge < -0.3 is 24.1 Å². The minimum Gasteiger partial charge on any atom is -0.394 e. The molecule has 5 heteroatoms. The number of ether oxygens (including phenoxy) is 4. The summed E-state index contributed by atoms with van der Waals surface area (Å²) in [6.45, 7) is 8.75. The van der Waals surface area contributed by atoms with Gasteiger partial charge in [0.2, 0.25) is 0 Å². The molecule has 0 amide bonds. The van der Waals surface area contributed by atoms with Crippen molar-refractivity contribution in [1.82, 2.24) is 0 Å². The number of aliphatic hydroxyl groups excluding tert-OH is 1. The monoisotopic (exact) mass is 486 g/mol. The van der Waals surface area contributed by atoms with Crippen LogP contribution in [0.4, 0.5) is 0 Å². The highest BCUT2D eigenvalue weighted by Gasteiger charge is 2.46. The van der Waals surface area contributed by atoms with E-state index in [1.165, 1.54) is 96.3 Å². The van der Waals surface area contributed by atoms with Crippen molar-refractivity contribution in [1.29, 1.82) is 0 Å². The van der Waals surface area contributed by atoms with Crippen molar-refractivity contribution in [2.75, 3.05) is 26.4 Å². The second-order valence-corrected chi connectivity index (χ2v) is 10.1. The molecular weight excluding hydrogens is 428 g/mol. The third-order valence-corrected chi connectivity index (χ3v) is 6.84. The van der Waals surface area contributed by atoms with Crippen LogP contribution in [-0.4, -0.2) is 56.1 Å². The molecule has 1 aliphatic heterocycles. The Morgan fingerprint density at radius 2 is 0.882 bits per heavy atom. The zero-order chi connectivity index (χ0) is 24.7. The maximum absolute atomic E-state index is 9.94. The zero-order valence-corrected chi connectivity index (χ0v) is 22.9. The average molecular weight is 487 g/mol. The van der Waals surface area contributed by atoms with Crippen LogP contribution in [0.2, 0.25) is 0 Å². The number of rotatable bonds is 25. The molecule has 0 radical (unpaired) electrons. The first-order chi connectivity index (χ1) is 16.8. The van der Waals surface area contributed by atoms with Crippen molar-refractivity contribution in [2.45, 2.75) is 161 Å². The molecule has 0 bridgehead atoms. The third-order valence-electron chi connectivity index (χ3n) is 6.84. The number of hydrogen-bond donors (Lipinski definition) is 1. The highest BCUT2D eigenvalue weighted by atomic mass is 16.7. The minimum absolute atomic E-state index is 0.0606. The SMILES string of the molecule is CCCCCCCCOC1[C@@H](OCCCCCCCC)O[C@H](CO)[C@@H]1OCCCCCCCC. The van der Waals surface area contributed by atoms with Crippen LogP contribution in [0.5, 0.6) is 0 Å². The Morgan fingerprint density at radius 1 is 0.500 bits per heavy atom. The Hall–Kier alpha value is -0.200. The summed E-state index contributed by atoms with van der Waals surface area (Å²) in [5.74, 6) is 0. The van der Waals surface area contributed by atoms with Crippen molar-refractivity contribution in [3.8, 4) is 0 Å². The summed E-state index contributed by atoms with van der Waals surface area (Å²) in [6.07, 6.45) is 20.9. The molecule has 1 heterocycles. The van der Waals surface area contributed by atoms with Crippen LogP contribution < -0.4 is 0 Å². The molecule has 1 aliphatic rings. The second kappa shape index (κ2) is 23.2. The summed E-state index contributed by atoms with van der Waals surface area (Å²) in [7, 11) is 0. The first-order valence-corrected chi connectivity index (χ1v) is 14.9. The zero-order valence-electron chi connectivity index (χ0n) is 22.9. The molecule has 4 atom stereocenters. The maximum atomic E-state index is 9.94. The number of unbranched alkanes of at least 4 members (excludes halogenated alkanes) is 15. The van der Waals surface area contributed by atoms with E-state index in [9.17, 15) is 5.11 Å². The van der Waals surface area contributed by atoms with Crippen LogP contribution in [0.3, 0.4) is 0 Å². The topological polar surface area (TPSA) is 57.2 Å². The lowest BCUT2D eigenvalue weighted by molar-refractivity contribution is -0.181. The van der Waals surface area contributed by atoms with E-state index < -0.39 is 6.29 Å². The fraction of sp³-hybridized carbons (Fsp3) is 1.00. The lowest BCUT2D eigenvalue weighted by atomic mass is 10.1.